The minimum atomic E-state index is -4.87. The van der Waals surface area contributed by atoms with Crippen LogP contribution in [-0.4, -0.2) is 25.6 Å². The maximum absolute atomic E-state index is 14.5. The summed E-state index contributed by atoms with van der Waals surface area (Å²) in [6.07, 6.45) is -8.79. The lowest BCUT2D eigenvalue weighted by atomic mass is 9.98. The van der Waals surface area contributed by atoms with Crippen molar-refractivity contribution in [1.82, 2.24) is 10.3 Å². The molecule has 0 fully saturated rings. The third-order valence-electron chi connectivity index (χ3n) is 5.87. The molecule has 210 valence electrons. The molecule has 1 aromatic heterocycles. The van der Waals surface area contributed by atoms with E-state index in [0.717, 1.165) is 42.7 Å². The number of rotatable bonds is 7. The number of aromatic nitrogens is 1. The molecule has 0 aliphatic carbocycles. The molecule has 1 amide bonds. The van der Waals surface area contributed by atoms with Crippen molar-refractivity contribution in [3.63, 3.8) is 0 Å². The zero-order valence-corrected chi connectivity index (χ0v) is 21.2. The molecule has 0 saturated heterocycles. The van der Waals surface area contributed by atoms with Gasteiger partial charge in [-0.25, -0.2) is 17.8 Å². The maximum Gasteiger partial charge on any atom is 0.433 e. The third-order valence-corrected chi connectivity index (χ3v) is 7.05. The van der Waals surface area contributed by atoms with Crippen molar-refractivity contribution in [2.45, 2.75) is 37.1 Å². The van der Waals surface area contributed by atoms with Gasteiger partial charge in [-0.3, -0.25) is 4.79 Å². The van der Waals surface area contributed by atoms with E-state index in [1.165, 1.54) is 13.0 Å². The van der Waals surface area contributed by atoms with E-state index in [2.05, 4.69) is 10.3 Å². The lowest BCUT2D eigenvalue weighted by Gasteiger charge is -2.17. The Kier molecular flexibility index (Phi) is 8.41. The molecule has 3 N–H and O–H groups in total. The summed E-state index contributed by atoms with van der Waals surface area (Å²) in [7, 11) is -3.80. The van der Waals surface area contributed by atoms with Crippen LogP contribution in [0.25, 0.3) is 11.3 Å². The quantitative estimate of drug-likeness (QED) is 0.369. The molecule has 0 aliphatic heterocycles. The van der Waals surface area contributed by atoms with Crippen molar-refractivity contribution in [3.8, 4) is 11.3 Å². The van der Waals surface area contributed by atoms with E-state index in [9.17, 15) is 43.9 Å². The Bertz CT molecular complexity index is 1490. The van der Waals surface area contributed by atoms with Crippen molar-refractivity contribution >= 4 is 15.7 Å². The second-order valence-electron chi connectivity index (χ2n) is 8.75. The van der Waals surface area contributed by atoms with E-state index in [-0.39, 0.29) is 22.3 Å². The Balaban J connectivity index is 1.89. The smallest absolute Gasteiger partial charge is 0.351 e. The van der Waals surface area contributed by atoms with Crippen LogP contribution in [0.2, 0.25) is 0 Å². The molecule has 0 aliphatic rings. The molecule has 3 rings (SSSR count). The van der Waals surface area contributed by atoms with Gasteiger partial charge in [0.1, 0.15) is 16.9 Å². The SMILES string of the molecule is CC(C(=O)NCc1ccc(C(F)(F)F)nc1-c1cccc(C(F)(F)F)c1)c1ccc(C(N)S(C)(=O)=O)c(F)c1. The van der Waals surface area contributed by atoms with Crippen molar-refractivity contribution < 1.29 is 43.9 Å². The van der Waals surface area contributed by atoms with Crippen molar-refractivity contribution in [2.75, 3.05) is 6.26 Å². The number of halogens is 7. The van der Waals surface area contributed by atoms with E-state index in [1.807, 2.05) is 0 Å². The minimum absolute atomic E-state index is 0.00327. The second kappa shape index (κ2) is 10.9. The number of nitrogens with two attached hydrogens (primary N) is 1. The second-order valence-corrected chi connectivity index (χ2v) is 10.9. The van der Waals surface area contributed by atoms with Crippen LogP contribution in [0.4, 0.5) is 30.7 Å². The van der Waals surface area contributed by atoms with Gasteiger partial charge in [0.15, 0.2) is 9.84 Å². The number of hydrogen-bond donors (Lipinski definition) is 2. The molecule has 39 heavy (non-hydrogen) atoms. The molecule has 6 nitrogen and oxygen atoms in total. The fourth-order valence-corrected chi connectivity index (χ4v) is 4.29. The highest BCUT2D eigenvalue weighted by Crippen LogP contribution is 2.35. The molecule has 0 spiro atoms. The molecular weight excluding hydrogens is 555 g/mol. The summed E-state index contributed by atoms with van der Waals surface area (Å²) >= 11 is 0. The normalized spacial score (nSPS) is 14.1. The third kappa shape index (κ3) is 7.12. The van der Waals surface area contributed by atoms with E-state index < -0.39 is 68.7 Å². The van der Waals surface area contributed by atoms with Gasteiger partial charge >= 0.3 is 12.4 Å². The van der Waals surface area contributed by atoms with Gasteiger partial charge in [-0.1, -0.05) is 30.3 Å². The van der Waals surface area contributed by atoms with Gasteiger partial charge in [0, 0.05) is 23.9 Å². The lowest BCUT2D eigenvalue weighted by Crippen LogP contribution is -2.28. The summed E-state index contributed by atoms with van der Waals surface area (Å²) in [6, 6.07) is 8.62. The van der Waals surface area contributed by atoms with E-state index in [0.29, 0.717) is 12.1 Å². The van der Waals surface area contributed by atoms with Crippen LogP contribution in [0.15, 0.2) is 54.6 Å². The van der Waals surface area contributed by atoms with Crippen LogP contribution in [0, 0.1) is 5.82 Å². The largest absolute Gasteiger partial charge is 0.433 e. The number of hydrogen-bond acceptors (Lipinski definition) is 5. The van der Waals surface area contributed by atoms with Gasteiger partial charge in [-0.2, -0.15) is 26.3 Å². The number of nitrogens with zero attached hydrogens (tertiary/aromatic N) is 1. The number of amides is 1. The highest BCUT2D eigenvalue weighted by molar-refractivity contribution is 7.90. The molecule has 0 radical (unpaired) electrons. The van der Waals surface area contributed by atoms with Gasteiger partial charge in [0.05, 0.1) is 17.2 Å². The number of nitrogens with one attached hydrogen (secondary N) is 1. The molecule has 14 heteroatoms. The highest BCUT2D eigenvalue weighted by Gasteiger charge is 2.34. The maximum atomic E-state index is 14.5. The van der Waals surface area contributed by atoms with Crippen molar-refractivity contribution in [2.24, 2.45) is 5.73 Å². The number of carbonyl (C=O) groups is 1. The first-order chi connectivity index (χ1) is 17.9. The summed E-state index contributed by atoms with van der Waals surface area (Å²) in [5.74, 6) is -2.64. The van der Waals surface area contributed by atoms with E-state index in [1.54, 1.807) is 0 Å². The molecule has 2 aromatic carbocycles. The lowest BCUT2D eigenvalue weighted by molar-refractivity contribution is -0.141. The Hall–Kier alpha value is -3.52. The van der Waals surface area contributed by atoms with Crippen LogP contribution >= 0.6 is 0 Å². The average molecular weight is 578 g/mol. The van der Waals surface area contributed by atoms with Gasteiger partial charge < -0.3 is 11.1 Å². The standard InChI is InChI=1S/C25H22F7N3O3S/c1-13(14-6-8-18(19(26)11-14)22(33)39(2,37)38)23(36)34-12-16-7-9-20(25(30,31)32)35-21(16)15-4-3-5-17(10-15)24(27,28)29/h3-11,13,22H,12,33H2,1-2H3,(H,34,36). The van der Waals surface area contributed by atoms with Crippen LogP contribution in [0.1, 0.15) is 46.2 Å². The van der Waals surface area contributed by atoms with Crippen LogP contribution in [-0.2, 0) is 33.5 Å². The summed E-state index contributed by atoms with van der Waals surface area (Å²) in [5.41, 5.74) is 2.34. The summed E-state index contributed by atoms with van der Waals surface area (Å²) in [4.78, 5) is 16.3. The van der Waals surface area contributed by atoms with Gasteiger partial charge in [0.25, 0.3) is 0 Å². The summed E-state index contributed by atoms with van der Waals surface area (Å²) in [6.45, 7) is 0.998. The topological polar surface area (TPSA) is 102 Å². The van der Waals surface area contributed by atoms with E-state index >= 15 is 0 Å². The van der Waals surface area contributed by atoms with E-state index in [4.69, 9.17) is 5.73 Å². The number of alkyl halides is 6. The zero-order chi connectivity index (χ0) is 29.3. The average Bonchev–Trinajstić information content (AvgIpc) is 2.84. The number of carbonyl (C=O) groups excluding carboxylic acids is 1. The first kappa shape index (κ1) is 30.0. The van der Waals surface area contributed by atoms with Gasteiger partial charge in [0.2, 0.25) is 5.91 Å². The van der Waals surface area contributed by atoms with Crippen LogP contribution in [0.3, 0.4) is 0 Å². The highest BCUT2D eigenvalue weighted by atomic mass is 32.2. The first-order valence-electron chi connectivity index (χ1n) is 11.2. The summed E-state index contributed by atoms with van der Waals surface area (Å²) < 4.78 is 117. The minimum Gasteiger partial charge on any atom is -0.351 e. The van der Waals surface area contributed by atoms with Crippen LogP contribution < -0.4 is 11.1 Å². The Morgan fingerprint density at radius 1 is 1.00 bits per heavy atom. The van der Waals surface area contributed by atoms with Crippen molar-refractivity contribution in [1.29, 1.82) is 0 Å². The van der Waals surface area contributed by atoms with Crippen LogP contribution in [0.5, 0.6) is 0 Å². The Morgan fingerprint density at radius 2 is 1.67 bits per heavy atom. The predicted octanol–water partition coefficient (Wildman–Crippen LogP) is 5.35. The number of benzene rings is 2. The Labute approximate surface area is 219 Å². The fraction of sp³-hybridized carbons (Fsp3) is 0.280. The number of pyridine rings is 1. The molecular formula is C25H22F7N3O3S. The predicted molar refractivity (Wildman–Crippen MR) is 128 cm³/mol. The van der Waals surface area contributed by atoms with Gasteiger partial charge in [-0.15, -0.1) is 0 Å². The molecule has 2 unspecified atom stereocenters. The monoisotopic (exact) mass is 577 g/mol. The fourth-order valence-electron chi connectivity index (χ4n) is 3.64. The summed E-state index contributed by atoms with van der Waals surface area (Å²) in [5, 5.41) is 0.852. The molecule has 3 aromatic rings. The Morgan fingerprint density at radius 3 is 2.23 bits per heavy atom. The number of sulfone groups is 1. The molecule has 0 saturated carbocycles. The zero-order valence-electron chi connectivity index (χ0n) is 20.4. The molecule has 2 atom stereocenters. The molecule has 1 heterocycles. The first-order valence-corrected chi connectivity index (χ1v) is 13.1. The molecule has 0 bridgehead atoms. The van der Waals surface area contributed by atoms with Crippen molar-refractivity contribution in [3.05, 3.63) is 88.4 Å². The van der Waals surface area contributed by atoms with Gasteiger partial charge in [-0.05, 0) is 42.3 Å².